The zero-order chi connectivity index (χ0) is 14.9. The second-order valence-corrected chi connectivity index (χ2v) is 6.63. The van der Waals surface area contributed by atoms with Gasteiger partial charge in [0, 0.05) is 5.02 Å². The maximum absolute atomic E-state index is 12.3. The number of hydrogen-bond acceptors (Lipinski definition) is 3. The molecule has 4 nitrogen and oxygen atoms in total. The highest BCUT2D eigenvalue weighted by Gasteiger charge is 2.16. The van der Waals surface area contributed by atoms with E-state index in [1.807, 2.05) is 13.8 Å². The van der Waals surface area contributed by atoms with Gasteiger partial charge in [-0.15, -0.1) is 0 Å². The zero-order valence-corrected chi connectivity index (χ0v) is 12.6. The highest BCUT2D eigenvalue weighted by atomic mass is 35.5. The van der Waals surface area contributed by atoms with Crippen molar-refractivity contribution < 1.29 is 13.5 Å². The molecule has 0 saturated heterocycles. The molecule has 0 bridgehead atoms. The largest absolute Gasteiger partial charge is 0.506 e. The molecule has 106 valence electrons. The number of phenolic OH excluding ortho intramolecular Hbond substituents is 1. The standard InChI is InChI=1S/C14H14ClNO3S/c1-9-3-5-12(7-10(9)2)20(18,19)16-13-8-11(15)4-6-14(13)17/h3-8,16-17H,1-2H3. The van der Waals surface area contributed by atoms with Gasteiger partial charge in [-0.05, 0) is 55.3 Å². The lowest BCUT2D eigenvalue weighted by Crippen LogP contribution is -2.13. The number of aryl methyl sites for hydroxylation is 2. The number of nitrogens with one attached hydrogen (secondary N) is 1. The molecule has 0 heterocycles. The molecule has 0 aliphatic carbocycles. The van der Waals surface area contributed by atoms with Crippen LogP contribution in [-0.4, -0.2) is 13.5 Å². The Bertz CT molecular complexity index is 757. The number of hydrogen-bond donors (Lipinski definition) is 2. The first-order valence-corrected chi connectivity index (χ1v) is 7.74. The summed E-state index contributed by atoms with van der Waals surface area (Å²) in [5.74, 6) is -0.179. The smallest absolute Gasteiger partial charge is 0.262 e. The van der Waals surface area contributed by atoms with E-state index in [0.717, 1.165) is 11.1 Å². The van der Waals surface area contributed by atoms with Gasteiger partial charge in [0.05, 0.1) is 10.6 Å². The fourth-order valence-electron chi connectivity index (χ4n) is 1.67. The van der Waals surface area contributed by atoms with Gasteiger partial charge in [0.15, 0.2) is 0 Å². The normalized spacial score (nSPS) is 11.3. The summed E-state index contributed by atoms with van der Waals surface area (Å²) in [6, 6.07) is 9.01. The molecular formula is C14H14ClNO3S. The van der Waals surface area contributed by atoms with Crippen molar-refractivity contribution in [1.29, 1.82) is 0 Å². The van der Waals surface area contributed by atoms with Crippen molar-refractivity contribution in [3.63, 3.8) is 0 Å². The van der Waals surface area contributed by atoms with Crippen LogP contribution in [0.4, 0.5) is 5.69 Å². The molecule has 0 saturated carbocycles. The summed E-state index contributed by atoms with van der Waals surface area (Å²) in [5.41, 5.74) is 1.94. The first-order valence-electron chi connectivity index (χ1n) is 5.88. The molecule has 2 aromatic rings. The molecule has 0 fully saturated rings. The molecule has 0 unspecified atom stereocenters. The molecule has 0 atom stereocenters. The van der Waals surface area contributed by atoms with Gasteiger partial charge in [0.1, 0.15) is 5.75 Å². The van der Waals surface area contributed by atoms with Gasteiger partial charge in [-0.3, -0.25) is 4.72 Å². The van der Waals surface area contributed by atoms with E-state index in [1.165, 1.54) is 24.3 Å². The Balaban J connectivity index is 2.40. The molecule has 0 aliphatic rings. The third-order valence-electron chi connectivity index (χ3n) is 2.99. The minimum atomic E-state index is -3.76. The molecule has 0 amide bonds. The minimum absolute atomic E-state index is 0.0516. The lowest BCUT2D eigenvalue weighted by atomic mass is 10.1. The van der Waals surface area contributed by atoms with E-state index in [1.54, 1.807) is 12.1 Å². The van der Waals surface area contributed by atoms with Crippen LogP contribution in [0.2, 0.25) is 5.02 Å². The second-order valence-electron chi connectivity index (χ2n) is 4.51. The van der Waals surface area contributed by atoms with Crippen molar-refractivity contribution in [1.82, 2.24) is 0 Å². The van der Waals surface area contributed by atoms with Crippen molar-refractivity contribution in [2.45, 2.75) is 18.7 Å². The number of anilines is 1. The van der Waals surface area contributed by atoms with E-state index in [2.05, 4.69) is 4.72 Å². The topological polar surface area (TPSA) is 66.4 Å². The third kappa shape index (κ3) is 3.05. The van der Waals surface area contributed by atoms with Gasteiger partial charge < -0.3 is 5.11 Å². The van der Waals surface area contributed by atoms with Crippen LogP contribution in [0.25, 0.3) is 0 Å². The Kier molecular flexibility index (Phi) is 3.92. The number of sulfonamides is 1. The SMILES string of the molecule is Cc1ccc(S(=O)(=O)Nc2cc(Cl)ccc2O)cc1C. The van der Waals surface area contributed by atoms with Crippen molar-refractivity contribution in [2.24, 2.45) is 0 Å². The van der Waals surface area contributed by atoms with E-state index in [-0.39, 0.29) is 16.3 Å². The Morgan fingerprint density at radius 3 is 2.40 bits per heavy atom. The molecule has 20 heavy (non-hydrogen) atoms. The average Bonchev–Trinajstić information content (AvgIpc) is 2.36. The van der Waals surface area contributed by atoms with Crippen LogP contribution in [0.15, 0.2) is 41.3 Å². The predicted molar refractivity (Wildman–Crippen MR) is 79.8 cm³/mol. The van der Waals surface area contributed by atoms with E-state index < -0.39 is 10.0 Å². The zero-order valence-electron chi connectivity index (χ0n) is 11.0. The average molecular weight is 312 g/mol. The summed E-state index contributed by atoms with van der Waals surface area (Å²) < 4.78 is 26.9. The Morgan fingerprint density at radius 1 is 1.05 bits per heavy atom. The quantitative estimate of drug-likeness (QED) is 0.853. The van der Waals surface area contributed by atoms with Crippen molar-refractivity contribution in [2.75, 3.05) is 4.72 Å². The number of benzene rings is 2. The molecule has 0 spiro atoms. The Morgan fingerprint density at radius 2 is 1.75 bits per heavy atom. The first kappa shape index (κ1) is 14.7. The van der Waals surface area contributed by atoms with Crippen LogP contribution in [0.1, 0.15) is 11.1 Å². The molecule has 2 aromatic carbocycles. The maximum atomic E-state index is 12.3. The summed E-state index contributed by atoms with van der Waals surface area (Å²) in [7, 11) is -3.76. The predicted octanol–water partition coefficient (Wildman–Crippen LogP) is 3.46. The van der Waals surface area contributed by atoms with E-state index >= 15 is 0 Å². The van der Waals surface area contributed by atoms with Gasteiger partial charge in [0.2, 0.25) is 0 Å². The highest BCUT2D eigenvalue weighted by molar-refractivity contribution is 7.92. The summed E-state index contributed by atoms with van der Waals surface area (Å²) in [6.07, 6.45) is 0. The number of rotatable bonds is 3. The van der Waals surface area contributed by atoms with Gasteiger partial charge in [-0.1, -0.05) is 17.7 Å². The van der Waals surface area contributed by atoms with E-state index in [0.29, 0.717) is 5.02 Å². The second kappa shape index (κ2) is 5.34. The van der Waals surface area contributed by atoms with Gasteiger partial charge in [-0.2, -0.15) is 0 Å². The monoisotopic (exact) mass is 311 g/mol. The third-order valence-corrected chi connectivity index (χ3v) is 4.59. The van der Waals surface area contributed by atoms with E-state index in [9.17, 15) is 13.5 Å². The maximum Gasteiger partial charge on any atom is 0.262 e. The highest BCUT2D eigenvalue weighted by Crippen LogP contribution is 2.29. The van der Waals surface area contributed by atoms with Crippen molar-refractivity contribution in [3.05, 3.63) is 52.5 Å². The van der Waals surface area contributed by atoms with Crippen LogP contribution < -0.4 is 4.72 Å². The molecular weight excluding hydrogens is 298 g/mol. The molecule has 2 rings (SSSR count). The Hall–Kier alpha value is -1.72. The fraction of sp³-hybridized carbons (Fsp3) is 0.143. The molecule has 0 radical (unpaired) electrons. The summed E-state index contributed by atoms with van der Waals surface area (Å²) >= 11 is 5.79. The number of aromatic hydroxyl groups is 1. The first-order chi connectivity index (χ1) is 9.29. The molecule has 6 heteroatoms. The van der Waals surface area contributed by atoms with Crippen LogP contribution >= 0.6 is 11.6 Å². The van der Waals surface area contributed by atoms with Crippen LogP contribution in [0.3, 0.4) is 0 Å². The lowest BCUT2D eigenvalue weighted by Gasteiger charge is -2.11. The van der Waals surface area contributed by atoms with Crippen LogP contribution in [-0.2, 0) is 10.0 Å². The van der Waals surface area contributed by atoms with Gasteiger partial charge in [0.25, 0.3) is 10.0 Å². The van der Waals surface area contributed by atoms with Crippen molar-refractivity contribution in [3.8, 4) is 5.75 Å². The number of phenols is 1. The van der Waals surface area contributed by atoms with Crippen LogP contribution in [0, 0.1) is 13.8 Å². The van der Waals surface area contributed by atoms with Crippen LogP contribution in [0.5, 0.6) is 5.75 Å². The number of halogens is 1. The summed E-state index contributed by atoms with van der Waals surface area (Å²) in [5, 5.41) is 9.99. The molecule has 0 aliphatic heterocycles. The molecule has 2 N–H and O–H groups in total. The summed E-state index contributed by atoms with van der Waals surface area (Å²) in [6.45, 7) is 3.74. The van der Waals surface area contributed by atoms with Gasteiger partial charge in [-0.25, -0.2) is 8.42 Å². The fourth-order valence-corrected chi connectivity index (χ4v) is 3.00. The van der Waals surface area contributed by atoms with E-state index in [4.69, 9.17) is 11.6 Å². The lowest BCUT2D eigenvalue weighted by molar-refractivity contribution is 0.477. The minimum Gasteiger partial charge on any atom is -0.506 e. The van der Waals surface area contributed by atoms with Crippen molar-refractivity contribution >= 4 is 27.3 Å². The Labute approximate surface area is 123 Å². The summed E-state index contributed by atoms with van der Waals surface area (Å²) in [4.78, 5) is 0.139. The van der Waals surface area contributed by atoms with Gasteiger partial charge >= 0.3 is 0 Å². The molecule has 0 aromatic heterocycles.